The molecule has 0 aliphatic carbocycles. The number of carbonyl (C=O) groups is 1. The molecule has 5 heteroatoms. The zero-order chi connectivity index (χ0) is 16.8. The van der Waals surface area contributed by atoms with E-state index in [2.05, 4.69) is 9.55 Å². The smallest absolute Gasteiger partial charge is 0.174 e. The lowest BCUT2D eigenvalue weighted by Gasteiger charge is -2.09. The lowest BCUT2D eigenvalue weighted by atomic mass is 10.2. The summed E-state index contributed by atoms with van der Waals surface area (Å²) in [7, 11) is 1.71. The average Bonchev–Trinajstić information content (AvgIpc) is 2.82. The molecule has 0 spiro atoms. The predicted octanol–water partition coefficient (Wildman–Crippen LogP) is 3.82. The molecule has 0 saturated carbocycles. The third-order valence-electron chi connectivity index (χ3n) is 3.84. The van der Waals surface area contributed by atoms with Crippen LogP contribution in [0.4, 0.5) is 0 Å². The summed E-state index contributed by atoms with van der Waals surface area (Å²) < 4.78 is 7.30. The van der Waals surface area contributed by atoms with Crippen molar-refractivity contribution in [1.29, 1.82) is 0 Å². The molecule has 0 unspecified atom stereocenters. The highest BCUT2D eigenvalue weighted by Crippen LogP contribution is 2.21. The fourth-order valence-electron chi connectivity index (χ4n) is 2.55. The van der Waals surface area contributed by atoms with E-state index in [0.717, 1.165) is 47.1 Å². The third kappa shape index (κ3) is 4.69. The molecule has 2 aromatic rings. The van der Waals surface area contributed by atoms with E-state index in [1.54, 1.807) is 7.11 Å². The first-order valence-corrected chi connectivity index (χ1v) is 8.75. The van der Waals surface area contributed by atoms with E-state index in [4.69, 9.17) is 4.74 Å². The second-order valence-electron chi connectivity index (χ2n) is 5.67. The van der Waals surface area contributed by atoms with Gasteiger partial charge in [-0.1, -0.05) is 17.8 Å². The molecule has 0 amide bonds. The maximum Gasteiger partial charge on any atom is 0.174 e. The quantitative estimate of drug-likeness (QED) is 0.419. The van der Waals surface area contributed by atoms with E-state index in [1.165, 1.54) is 11.8 Å². The van der Waals surface area contributed by atoms with Gasteiger partial charge in [0.25, 0.3) is 0 Å². The molecular weight excluding hydrogens is 308 g/mol. The predicted molar refractivity (Wildman–Crippen MR) is 94.4 cm³/mol. The molecule has 0 bridgehead atoms. The normalized spacial score (nSPS) is 11.0. The molecule has 0 aromatic carbocycles. The number of aryl methyl sites for hydroxylation is 2. The fraction of sp³-hybridized carbons (Fsp3) is 0.444. The lowest BCUT2D eigenvalue weighted by Crippen LogP contribution is -2.08. The first-order valence-electron chi connectivity index (χ1n) is 7.77. The molecule has 4 nitrogen and oxygen atoms in total. The van der Waals surface area contributed by atoms with Crippen LogP contribution in [0.2, 0.25) is 0 Å². The van der Waals surface area contributed by atoms with Crippen LogP contribution in [0.25, 0.3) is 0 Å². The number of ether oxygens (including phenoxy) is 1. The van der Waals surface area contributed by atoms with Crippen LogP contribution in [0, 0.1) is 20.8 Å². The van der Waals surface area contributed by atoms with Gasteiger partial charge in [-0.3, -0.25) is 4.79 Å². The topological polar surface area (TPSA) is 44.1 Å². The third-order valence-corrected chi connectivity index (χ3v) is 4.78. The van der Waals surface area contributed by atoms with Crippen LogP contribution in [0.1, 0.15) is 33.7 Å². The Bertz CT molecular complexity index is 662. The Hall–Kier alpha value is -1.59. The molecule has 0 N–H and O–H groups in total. The number of hydrogen-bond donors (Lipinski definition) is 0. The van der Waals surface area contributed by atoms with Gasteiger partial charge < -0.3 is 9.30 Å². The van der Waals surface area contributed by atoms with Gasteiger partial charge in [0.15, 0.2) is 5.78 Å². The van der Waals surface area contributed by atoms with Crippen LogP contribution in [0.3, 0.4) is 0 Å². The Kier molecular flexibility index (Phi) is 6.42. The molecule has 23 heavy (non-hydrogen) atoms. The fourth-order valence-corrected chi connectivity index (χ4v) is 3.28. The second-order valence-corrected chi connectivity index (χ2v) is 6.66. The maximum absolute atomic E-state index is 12.5. The zero-order valence-electron chi connectivity index (χ0n) is 14.3. The van der Waals surface area contributed by atoms with Crippen LogP contribution in [-0.4, -0.2) is 34.8 Å². The summed E-state index contributed by atoms with van der Waals surface area (Å²) in [5, 5.41) is 0.887. The summed E-state index contributed by atoms with van der Waals surface area (Å²) >= 11 is 1.49. The summed E-state index contributed by atoms with van der Waals surface area (Å²) in [4.78, 5) is 16.8. The molecule has 0 radical (unpaired) electrons. The van der Waals surface area contributed by atoms with Crippen molar-refractivity contribution in [3.05, 3.63) is 46.9 Å². The minimum atomic E-state index is 0.156. The van der Waals surface area contributed by atoms with Crippen molar-refractivity contribution in [2.45, 2.75) is 38.8 Å². The van der Waals surface area contributed by atoms with E-state index in [0.29, 0.717) is 5.75 Å². The molecule has 0 fully saturated rings. The first-order chi connectivity index (χ1) is 11.0. The summed E-state index contributed by atoms with van der Waals surface area (Å²) in [6.45, 7) is 7.68. The second kappa shape index (κ2) is 8.31. The van der Waals surface area contributed by atoms with E-state index in [9.17, 15) is 4.79 Å². The molecule has 0 aliphatic heterocycles. The van der Waals surface area contributed by atoms with Gasteiger partial charge in [0.1, 0.15) is 0 Å². The molecule has 2 heterocycles. The van der Waals surface area contributed by atoms with E-state index in [1.807, 2.05) is 45.2 Å². The molecule has 2 rings (SSSR count). The highest BCUT2D eigenvalue weighted by molar-refractivity contribution is 7.99. The van der Waals surface area contributed by atoms with Crippen molar-refractivity contribution in [3.63, 3.8) is 0 Å². The zero-order valence-corrected chi connectivity index (χ0v) is 15.1. The molecule has 2 aromatic heterocycles. The van der Waals surface area contributed by atoms with E-state index >= 15 is 0 Å². The molecule has 0 saturated heterocycles. The SMILES string of the molecule is COCCCn1c(C)cc(C(=O)CSc2ccc(C)cn2)c1C. The number of pyridine rings is 1. The summed E-state index contributed by atoms with van der Waals surface area (Å²) in [6, 6.07) is 5.97. The van der Waals surface area contributed by atoms with Crippen molar-refractivity contribution in [3.8, 4) is 0 Å². The highest BCUT2D eigenvalue weighted by Gasteiger charge is 2.16. The largest absolute Gasteiger partial charge is 0.385 e. The standard InChI is InChI=1S/C18H24N2O2S/c1-13-6-7-18(19-11-13)23-12-17(21)16-10-14(2)20(15(16)3)8-5-9-22-4/h6-7,10-11H,5,8-9,12H2,1-4H3. The Balaban J connectivity index is 2.01. The van der Waals surface area contributed by atoms with Gasteiger partial charge in [0, 0.05) is 43.4 Å². The van der Waals surface area contributed by atoms with Crippen LogP contribution in [0.5, 0.6) is 0 Å². The van der Waals surface area contributed by atoms with Gasteiger partial charge in [-0.2, -0.15) is 0 Å². The maximum atomic E-state index is 12.5. The number of hydrogen-bond acceptors (Lipinski definition) is 4. The number of ketones is 1. The van der Waals surface area contributed by atoms with Crippen LogP contribution in [0.15, 0.2) is 29.4 Å². The van der Waals surface area contributed by atoms with Gasteiger partial charge in [0.2, 0.25) is 0 Å². The van der Waals surface area contributed by atoms with Gasteiger partial charge >= 0.3 is 0 Å². The summed E-state index contributed by atoms with van der Waals surface area (Å²) in [5.74, 6) is 0.571. The number of rotatable bonds is 8. The summed E-state index contributed by atoms with van der Waals surface area (Å²) in [5.41, 5.74) is 4.11. The van der Waals surface area contributed by atoms with Gasteiger partial charge in [-0.15, -0.1) is 0 Å². The van der Waals surface area contributed by atoms with Crippen LogP contribution in [-0.2, 0) is 11.3 Å². The Morgan fingerprint density at radius 2 is 2.09 bits per heavy atom. The van der Waals surface area contributed by atoms with E-state index < -0.39 is 0 Å². The Labute approximate surface area is 142 Å². The number of Topliss-reactive ketones (excluding diaryl/α,β-unsaturated/α-hetero) is 1. The number of aromatic nitrogens is 2. The lowest BCUT2D eigenvalue weighted by molar-refractivity contribution is 0.102. The monoisotopic (exact) mass is 332 g/mol. The minimum Gasteiger partial charge on any atom is -0.385 e. The highest BCUT2D eigenvalue weighted by atomic mass is 32.2. The molecular formula is C18H24N2O2S. The number of methoxy groups -OCH3 is 1. The minimum absolute atomic E-state index is 0.156. The molecule has 124 valence electrons. The summed E-state index contributed by atoms with van der Waals surface area (Å²) in [6.07, 6.45) is 2.77. The van der Waals surface area contributed by atoms with Crippen molar-refractivity contribution in [1.82, 2.24) is 9.55 Å². The molecule has 0 aliphatic rings. The number of nitrogens with zero attached hydrogens (tertiary/aromatic N) is 2. The van der Waals surface area contributed by atoms with Crippen molar-refractivity contribution >= 4 is 17.5 Å². The van der Waals surface area contributed by atoms with Crippen LogP contribution >= 0.6 is 11.8 Å². The number of thioether (sulfide) groups is 1. The van der Waals surface area contributed by atoms with Crippen molar-refractivity contribution < 1.29 is 9.53 Å². The van der Waals surface area contributed by atoms with E-state index in [-0.39, 0.29) is 5.78 Å². The van der Waals surface area contributed by atoms with Crippen molar-refractivity contribution in [2.75, 3.05) is 19.5 Å². The van der Waals surface area contributed by atoms with Gasteiger partial charge in [-0.05, 0) is 44.9 Å². The Morgan fingerprint density at radius 3 is 2.74 bits per heavy atom. The number of carbonyl (C=O) groups excluding carboxylic acids is 1. The first kappa shape index (κ1) is 17.8. The van der Waals surface area contributed by atoms with Crippen molar-refractivity contribution in [2.24, 2.45) is 0 Å². The average molecular weight is 332 g/mol. The van der Waals surface area contributed by atoms with Crippen LogP contribution < -0.4 is 0 Å². The molecule has 0 atom stereocenters. The van der Waals surface area contributed by atoms with Gasteiger partial charge in [-0.25, -0.2) is 4.98 Å². The Morgan fingerprint density at radius 1 is 1.30 bits per heavy atom. The van der Waals surface area contributed by atoms with Gasteiger partial charge in [0.05, 0.1) is 10.8 Å².